The number of aromatic nitrogens is 2. The predicted octanol–water partition coefficient (Wildman–Crippen LogP) is 4.10. The summed E-state index contributed by atoms with van der Waals surface area (Å²) in [5.41, 5.74) is 1.23. The molecule has 0 radical (unpaired) electrons. The molecular weight excluding hydrogens is 334 g/mol. The molecular formula is C19H15N3O4. The number of hydrogen-bond acceptors (Lipinski definition) is 5. The standard InChI is InChI=1S/C19H15N3O4/c1-25-12-6-7-16-14(9-12)15-10-13(26-2)11-17(22(23)24)19(15)21(16)18-5-3-4-8-20-18/h3-11H,1-2H3. The highest BCUT2D eigenvalue weighted by molar-refractivity contribution is 6.13. The van der Waals surface area contributed by atoms with Gasteiger partial charge in [0.2, 0.25) is 0 Å². The van der Waals surface area contributed by atoms with Crippen molar-refractivity contribution in [2.24, 2.45) is 0 Å². The van der Waals surface area contributed by atoms with Crippen molar-refractivity contribution < 1.29 is 14.4 Å². The number of pyridine rings is 1. The molecule has 2 heterocycles. The summed E-state index contributed by atoms with van der Waals surface area (Å²) >= 11 is 0. The second kappa shape index (κ2) is 6.03. The van der Waals surface area contributed by atoms with E-state index in [0.717, 1.165) is 10.9 Å². The van der Waals surface area contributed by atoms with Crippen LogP contribution in [-0.2, 0) is 0 Å². The second-order valence-electron chi connectivity index (χ2n) is 5.71. The molecule has 130 valence electrons. The summed E-state index contributed by atoms with van der Waals surface area (Å²) in [6, 6.07) is 14.2. The Hall–Kier alpha value is -3.61. The molecule has 7 heteroatoms. The number of hydrogen-bond donors (Lipinski definition) is 0. The third-order valence-electron chi connectivity index (χ3n) is 4.33. The Morgan fingerprint density at radius 2 is 1.77 bits per heavy atom. The van der Waals surface area contributed by atoms with Gasteiger partial charge in [0.15, 0.2) is 0 Å². The number of nitro groups is 1. The van der Waals surface area contributed by atoms with E-state index >= 15 is 0 Å². The van der Waals surface area contributed by atoms with Gasteiger partial charge < -0.3 is 9.47 Å². The molecule has 2 aromatic heterocycles. The molecule has 0 spiro atoms. The number of ether oxygens (including phenoxy) is 2. The number of nitrogens with zero attached hydrogens (tertiary/aromatic N) is 3. The van der Waals surface area contributed by atoms with Crippen molar-refractivity contribution in [3.63, 3.8) is 0 Å². The van der Waals surface area contributed by atoms with Crippen LogP contribution in [0.5, 0.6) is 11.5 Å². The lowest BCUT2D eigenvalue weighted by Crippen LogP contribution is -2.00. The fraction of sp³-hybridized carbons (Fsp3) is 0.105. The SMILES string of the molecule is COc1ccc2c(c1)c1cc(OC)cc([N+](=O)[O-])c1n2-c1ccccn1. The highest BCUT2D eigenvalue weighted by Gasteiger charge is 2.24. The zero-order chi connectivity index (χ0) is 18.3. The van der Waals surface area contributed by atoms with Crippen LogP contribution in [0.2, 0.25) is 0 Å². The Morgan fingerprint density at radius 1 is 1.00 bits per heavy atom. The average molecular weight is 349 g/mol. The van der Waals surface area contributed by atoms with Gasteiger partial charge in [0.25, 0.3) is 5.69 Å². The van der Waals surface area contributed by atoms with Gasteiger partial charge in [0.05, 0.1) is 30.7 Å². The molecule has 0 unspecified atom stereocenters. The Bertz CT molecular complexity index is 1140. The van der Waals surface area contributed by atoms with Crippen LogP contribution >= 0.6 is 0 Å². The molecule has 0 bridgehead atoms. The smallest absolute Gasteiger partial charge is 0.297 e. The predicted molar refractivity (Wildman–Crippen MR) is 98.3 cm³/mol. The maximum atomic E-state index is 11.8. The average Bonchev–Trinajstić information content (AvgIpc) is 3.01. The largest absolute Gasteiger partial charge is 0.497 e. The van der Waals surface area contributed by atoms with Crippen LogP contribution in [0.25, 0.3) is 27.6 Å². The molecule has 0 atom stereocenters. The second-order valence-corrected chi connectivity index (χ2v) is 5.71. The molecule has 0 aliphatic heterocycles. The van der Waals surface area contributed by atoms with Crippen LogP contribution < -0.4 is 9.47 Å². The highest BCUT2D eigenvalue weighted by Crippen LogP contribution is 2.40. The van der Waals surface area contributed by atoms with Gasteiger partial charge in [-0.25, -0.2) is 4.98 Å². The fourth-order valence-electron chi connectivity index (χ4n) is 3.19. The molecule has 0 fully saturated rings. The summed E-state index contributed by atoms with van der Waals surface area (Å²) in [5.74, 6) is 1.70. The van der Waals surface area contributed by atoms with E-state index < -0.39 is 4.92 Å². The molecule has 0 aliphatic carbocycles. The molecule has 0 amide bonds. The molecule has 0 saturated carbocycles. The molecule has 7 nitrogen and oxygen atoms in total. The van der Waals surface area contributed by atoms with Crippen LogP contribution in [-0.4, -0.2) is 28.7 Å². The molecule has 0 saturated heterocycles. The van der Waals surface area contributed by atoms with Crippen LogP contribution in [0.4, 0.5) is 5.69 Å². The van der Waals surface area contributed by atoms with Gasteiger partial charge in [0, 0.05) is 17.0 Å². The van der Waals surface area contributed by atoms with E-state index in [-0.39, 0.29) is 5.69 Å². The molecule has 4 rings (SSSR count). The van der Waals surface area contributed by atoms with E-state index in [1.54, 1.807) is 30.0 Å². The van der Waals surface area contributed by atoms with Crippen molar-refractivity contribution in [3.05, 3.63) is 64.8 Å². The normalized spacial score (nSPS) is 11.0. The van der Waals surface area contributed by atoms with E-state index in [0.29, 0.717) is 28.2 Å². The van der Waals surface area contributed by atoms with Gasteiger partial charge in [-0.2, -0.15) is 0 Å². The van der Waals surface area contributed by atoms with Gasteiger partial charge >= 0.3 is 0 Å². The van der Waals surface area contributed by atoms with Crippen LogP contribution in [0.15, 0.2) is 54.7 Å². The number of fused-ring (bicyclic) bond motifs is 3. The number of rotatable bonds is 4. The van der Waals surface area contributed by atoms with Crippen molar-refractivity contribution in [2.75, 3.05) is 14.2 Å². The topological polar surface area (TPSA) is 79.4 Å². The van der Waals surface area contributed by atoms with E-state index in [1.807, 2.05) is 30.3 Å². The lowest BCUT2D eigenvalue weighted by molar-refractivity contribution is -0.383. The monoisotopic (exact) mass is 349 g/mol. The number of non-ortho nitro benzene ring substituents is 1. The summed E-state index contributed by atoms with van der Waals surface area (Å²) in [6.07, 6.45) is 1.66. The third-order valence-corrected chi connectivity index (χ3v) is 4.33. The lowest BCUT2D eigenvalue weighted by Gasteiger charge is -2.07. The fourth-order valence-corrected chi connectivity index (χ4v) is 3.19. The lowest BCUT2D eigenvalue weighted by atomic mass is 10.1. The summed E-state index contributed by atoms with van der Waals surface area (Å²) in [7, 11) is 3.07. The molecule has 2 aromatic carbocycles. The molecule has 4 aromatic rings. The molecule has 26 heavy (non-hydrogen) atoms. The number of benzene rings is 2. The summed E-state index contributed by atoms with van der Waals surface area (Å²) in [4.78, 5) is 15.7. The zero-order valence-corrected chi connectivity index (χ0v) is 14.2. The van der Waals surface area contributed by atoms with Crippen molar-refractivity contribution in [1.82, 2.24) is 9.55 Å². The van der Waals surface area contributed by atoms with Crippen molar-refractivity contribution in [2.45, 2.75) is 0 Å². The maximum Gasteiger partial charge on any atom is 0.297 e. The minimum atomic E-state index is -0.402. The number of nitro benzene ring substituents is 1. The highest BCUT2D eigenvalue weighted by atomic mass is 16.6. The summed E-state index contributed by atoms with van der Waals surface area (Å²) < 4.78 is 12.4. The Kier molecular flexibility index (Phi) is 3.69. The van der Waals surface area contributed by atoms with E-state index in [9.17, 15) is 10.1 Å². The van der Waals surface area contributed by atoms with E-state index in [2.05, 4.69) is 4.98 Å². The van der Waals surface area contributed by atoms with Crippen LogP contribution in [0.3, 0.4) is 0 Å². The Labute approximate surface area is 148 Å². The van der Waals surface area contributed by atoms with Crippen molar-refractivity contribution in [3.8, 4) is 17.3 Å². The van der Waals surface area contributed by atoms with Gasteiger partial charge in [-0.3, -0.25) is 14.7 Å². The van der Waals surface area contributed by atoms with Gasteiger partial charge in [-0.15, -0.1) is 0 Å². The minimum absolute atomic E-state index is 0.0415. The van der Waals surface area contributed by atoms with Crippen molar-refractivity contribution in [1.29, 1.82) is 0 Å². The van der Waals surface area contributed by atoms with Gasteiger partial charge in [-0.1, -0.05) is 6.07 Å². The quantitative estimate of drug-likeness (QED) is 0.409. The van der Waals surface area contributed by atoms with E-state index in [4.69, 9.17) is 9.47 Å². The third kappa shape index (κ3) is 2.33. The minimum Gasteiger partial charge on any atom is -0.497 e. The summed E-state index contributed by atoms with van der Waals surface area (Å²) in [5, 5.41) is 13.3. The van der Waals surface area contributed by atoms with Crippen LogP contribution in [0.1, 0.15) is 0 Å². The molecule has 0 N–H and O–H groups in total. The maximum absolute atomic E-state index is 11.8. The summed E-state index contributed by atoms with van der Waals surface area (Å²) in [6.45, 7) is 0. The Morgan fingerprint density at radius 3 is 2.42 bits per heavy atom. The van der Waals surface area contributed by atoms with Crippen LogP contribution in [0, 0.1) is 10.1 Å². The Balaban J connectivity index is 2.25. The van der Waals surface area contributed by atoms with Gasteiger partial charge in [-0.05, 0) is 36.4 Å². The zero-order valence-electron chi connectivity index (χ0n) is 14.2. The molecule has 0 aliphatic rings. The first-order valence-electron chi connectivity index (χ1n) is 7.90. The van der Waals surface area contributed by atoms with Crippen molar-refractivity contribution >= 4 is 27.5 Å². The number of methoxy groups -OCH3 is 2. The van der Waals surface area contributed by atoms with E-state index in [1.165, 1.54) is 13.2 Å². The first-order chi connectivity index (χ1) is 12.6. The first-order valence-corrected chi connectivity index (χ1v) is 7.90. The van der Waals surface area contributed by atoms with Gasteiger partial charge in [0.1, 0.15) is 22.8 Å². The first kappa shape index (κ1) is 15.9.